The van der Waals surface area contributed by atoms with Crippen molar-refractivity contribution in [2.24, 2.45) is 10.8 Å². The Kier molecular flexibility index (Phi) is 10.2. The van der Waals surface area contributed by atoms with Crippen LogP contribution in [0.3, 0.4) is 0 Å². The van der Waals surface area contributed by atoms with E-state index in [2.05, 4.69) is 17.5 Å². The summed E-state index contributed by atoms with van der Waals surface area (Å²) in [7, 11) is 0. The minimum atomic E-state index is -0.106. The minimum absolute atomic E-state index is 0.106. The lowest BCUT2D eigenvalue weighted by Gasteiger charge is -1.98. The first-order chi connectivity index (χ1) is 7.27. The zero-order valence-electron chi connectivity index (χ0n) is 9.76. The third kappa shape index (κ3) is 12.9. The van der Waals surface area contributed by atoms with Gasteiger partial charge in [-0.15, -0.1) is 0 Å². The number of unbranched alkanes of at least 4 members (excludes halogenated alkanes) is 7. The Bertz CT molecular complexity index is 177. The van der Waals surface area contributed by atoms with Crippen molar-refractivity contribution in [2.45, 2.75) is 58.3 Å². The fourth-order valence-corrected chi connectivity index (χ4v) is 1.37. The van der Waals surface area contributed by atoms with E-state index in [0.29, 0.717) is 0 Å². The Morgan fingerprint density at radius 3 is 2.40 bits per heavy atom. The lowest BCUT2D eigenvalue weighted by atomic mass is 10.1. The molecule has 0 aliphatic rings. The van der Waals surface area contributed by atoms with E-state index in [0.717, 1.165) is 6.42 Å². The molecule has 0 saturated carbocycles. The van der Waals surface area contributed by atoms with Crippen LogP contribution >= 0.6 is 0 Å². The van der Waals surface area contributed by atoms with Crippen molar-refractivity contribution < 1.29 is 0 Å². The number of guanidine groups is 1. The van der Waals surface area contributed by atoms with Gasteiger partial charge in [0.2, 0.25) is 5.96 Å². The molecule has 0 aliphatic carbocycles. The molecular weight excluding hydrogens is 188 g/mol. The highest BCUT2D eigenvalue weighted by atomic mass is 15.3. The van der Waals surface area contributed by atoms with Gasteiger partial charge in [0.1, 0.15) is 0 Å². The van der Waals surface area contributed by atoms with Gasteiger partial charge in [0.15, 0.2) is 0 Å². The van der Waals surface area contributed by atoms with Crippen LogP contribution in [0.25, 0.3) is 0 Å². The van der Waals surface area contributed by atoms with E-state index in [1.165, 1.54) is 44.9 Å². The van der Waals surface area contributed by atoms with Crippen LogP contribution in [0.4, 0.5) is 0 Å². The third-order valence-electron chi connectivity index (χ3n) is 2.21. The van der Waals surface area contributed by atoms with Gasteiger partial charge in [-0.3, -0.25) is 5.41 Å². The van der Waals surface area contributed by atoms with E-state index in [4.69, 9.17) is 11.1 Å². The Hall–Kier alpha value is -1.06. The second-order valence-electron chi connectivity index (χ2n) is 3.75. The summed E-state index contributed by atoms with van der Waals surface area (Å²) in [6.45, 7) is 2.23. The van der Waals surface area contributed by atoms with E-state index in [1.54, 1.807) is 6.21 Å². The second kappa shape index (κ2) is 11.0. The molecule has 0 aliphatic heterocycles. The van der Waals surface area contributed by atoms with Crippen molar-refractivity contribution >= 4 is 12.2 Å². The van der Waals surface area contributed by atoms with Gasteiger partial charge in [-0.2, -0.15) is 5.10 Å². The summed E-state index contributed by atoms with van der Waals surface area (Å²) in [6, 6.07) is 0. The molecule has 0 aromatic carbocycles. The van der Waals surface area contributed by atoms with E-state index >= 15 is 0 Å². The predicted octanol–water partition coefficient (Wildman–Crippen LogP) is 2.60. The summed E-state index contributed by atoms with van der Waals surface area (Å²) < 4.78 is 0. The Morgan fingerprint density at radius 1 is 1.20 bits per heavy atom. The fourth-order valence-electron chi connectivity index (χ4n) is 1.37. The largest absolute Gasteiger partial charge is 0.369 e. The van der Waals surface area contributed by atoms with Crippen molar-refractivity contribution in [3.63, 3.8) is 0 Å². The van der Waals surface area contributed by atoms with Gasteiger partial charge in [0.25, 0.3) is 0 Å². The molecule has 88 valence electrons. The first-order valence-corrected chi connectivity index (χ1v) is 5.89. The molecule has 0 unspecified atom stereocenters. The lowest BCUT2D eigenvalue weighted by Crippen LogP contribution is -2.25. The summed E-state index contributed by atoms with van der Waals surface area (Å²) >= 11 is 0. The van der Waals surface area contributed by atoms with Crippen LogP contribution in [0.15, 0.2) is 5.10 Å². The van der Waals surface area contributed by atoms with Crippen LogP contribution in [-0.4, -0.2) is 12.2 Å². The smallest absolute Gasteiger partial charge is 0.206 e. The maximum Gasteiger partial charge on any atom is 0.206 e. The van der Waals surface area contributed by atoms with Gasteiger partial charge in [0.05, 0.1) is 0 Å². The number of nitrogens with zero attached hydrogens (tertiary/aromatic N) is 1. The fraction of sp³-hybridized carbons (Fsp3) is 0.818. The van der Waals surface area contributed by atoms with Crippen LogP contribution in [0.2, 0.25) is 0 Å². The van der Waals surface area contributed by atoms with Gasteiger partial charge in [0, 0.05) is 6.21 Å². The van der Waals surface area contributed by atoms with E-state index in [9.17, 15) is 0 Å². The quantitative estimate of drug-likeness (QED) is 0.238. The average molecular weight is 212 g/mol. The first kappa shape index (κ1) is 13.9. The number of hydrazone groups is 1. The standard InChI is InChI=1S/C11H24N4/c1-2-3-4-5-6-7-8-9-10-14-15-11(12)13/h10H,2-9H2,1H3,(H4,12,13,15). The maximum absolute atomic E-state index is 6.86. The highest BCUT2D eigenvalue weighted by Gasteiger charge is 1.89. The molecule has 0 radical (unpaired) electrons. The third-order valence-corrected chi connectivity index (χ3v) is 2.21. The number of hydrogen-bond donors (Lipinski definition) is 3. The summed E-state index contributed by atoms with van der Waals surface area (Å²) in [5.41, 5.74) is 7.45. The molecule has 0 bridgehead atoms. The maximum atomic E-state index is 6.86. The zero-order valence-corrected chi connectivity index (χ0v) is 9.76. The molecule has 0 heterocycles. The van der Waals surface area contributed by atoms with Crippen LogP contribution in [0.5, 0.6) is 0 Å². The molecule has 0 aromatic rings. The number of nitrogens with one attached hydrogen (secondary N) is 2. The predicted molar refractivity (Wildman–Crippen MR) is 66.2 cm³/mol. The van der Waals surface area contributed by atoms with Crippen molar-refractivity contribution in [1.29, 1.82) is 5.41 Å². The summed E-state index contributed by atoms with van der Waals surface area (Å²) in [5, 5.41) is 10.7. The molecule has 0 saturated heterocycles. The minimum Gasteiger partial charge on any atom is -0.369 e. The molecule has 0 aromatic heterocycles. The summed E-state index contributed by atoms with van der Waals surface area (Å²) in [4.78, 5) is 0. The van der Waals surface area contributed by atoms with Crippen LogP contribution < -0.4 is 11.2 Å². The van der Waals surface area contributed by atoms with Gasteiger partial charge in [-0.25, -0.2) is 5.43 Å². The molecule has 0 rings (SSSR count). The molecule has 0 atom stereocenters. The van der Waals surface area contributed by atoms with Gasteiger partial charge in [-0.1, -0.05) is 45.4 Å². The molecule has 0 amide bonds. The van der Waals surface area contributed by atoms with Crippen LogP contribution in [0, 0.1) is 5.41 Å². The molecule has 0 fully saturated rings. The zero-order chi connectivity index (χ0) is 11.4. The molecule has 15 heavy (non-hydrogen) atoms. The normalized spacial score (nSPS) is 10.7. The Morgan fingerprint density at radius 2 is 1.80 bits per heavy atom. The monoisotopic (exact) mass is 212 g/mol. The number of hydrogen-bond acceptors (Lipinski definition) is 2. The van der Waals surface area contributed by atoms with Crippen molar-refractivity contribution in [3.8, 4) is 0 Å². The number of rotatable bonds is 9. The highest BCUT2D eigenvalue weighted by molar-refractivity contribution is 5.75. The van der Waals surface area contributed by atoms with E-state index in [-0.39, 0.29) is 5.96 Å². The van der Waals surface area contributed by atoms with Crippen molar-refractivity contribution in [1.82, 2.24) is 5.43 Å². The molecule has 4 nitrogen and oxygen atoms in total. The summed E-state index contributed by atoms with van der Waals surface area (Å²) in [6.07, 6.45) is 11.9. The van der Waals surface area contributed by atoms with Gasteiger partial charge in [-0.05, 0) is 12.8 Å². The SMILES string of the molecule is CCCCCCCCCC=NNC(=N)N. The van der Waals surface area contributed by atoms with Crippen LogP contribution in [-0.2, 0) is 0 Å². The summed E-state index contributed by atoms with van der Waals surface area (Å²) in [5.74, 6) is -0.106. The molecule has 0 spiro atoms. The Balaban J connectivity index is 3.04. The second-order valence-corrected chi connectivity index (χ2v) is 3.75. The molecule has 4 N–H and O–H groups in total. The Labute approximate surface area is 92.8 Å². The number of nitrogens with two attached hydrogens (primary N) is 1. The van der Waals surface area contributed by atoms with Crippen molar-refractivity contribution in [3.05, 3.63) is 0 Å². The van der Waals surface area contributed by atoms with Crippen molar-refractivity contribution in [2.75, 3.05) is 0 Å². The van der Waals surface area contributed by atoms with E-state index < -0.39 is 0 Å². The van der Waals surface area contributed by atoms with Gasteiger partial charge >= 0.3 is 0 Å². The average Bonchev–Trinajstić information content (AvgIpc) is 2.20. The topological polar surface area (TPSA) is 74.3 Å². The molecule has 4 heteroatoms. The van der Waals surface area contributed by atoms with Crippen LogP contribution in [0.1, 0.15) is 58.3 Å². The highest BCUT2D eigenvalue weighted by Crippen LogP contribution is 2.07. The lowest BCUT2D eigenvalue weighted by molar-refractivity contribution is 0.596. The first-order valence-electron chi connectivity index (χ1n) is 5.89. The van der Waals surface area contributed by atoms with Gasteiger partial charge < -0.3 is 5.73 Å². The molecular formula is C11H24N4. The van der Waals surface area contributed by atoms with E-state index in [1.807, 2.05) is 0 Å².